The van der Waals surface area contributed by atoms with Crippen LogP contribution in [0.25, 0.3) is 10.7 Å². The Balaban J connectivity index is 1.53. The third-order valence-corrected chi connectivity index (χ3v) is 8.46. The maximum Gasteiger partial charge on any atom is 0.273 e. The van der Waals surface area contributed by atoms with Crippen LogP contribution in [0.15, 0.2) is 69.7 Å². The zero-order valence-electron chi connectivity index (χ0n) is 17.5. The highest BCUT2D eigenvalue weighted by molar-refractivity contribution is 7.94. The van der Waals surface area contributed by atoms with Gasteiger partial charge in [0.2, 0.25) is 0 Å². The molecule has 0 spiro atoms. The van der Waals surface area contributed by atoms with Crippen molar-refractivity contribution in [3.63, 3.8) is 0 Å². The van der Waals surface area contributed by atoms with Crippen LogP contribution in [-0.4, -0.2) is 35.0 Å². The van der Waals surface area contributed by atoms with Crippen LogP contribution in [-0.2, 0) is 10.0 Å². The van der Waals surface area contributed by atoms with Crippen LogP contribution < -0.4 is 10.1 Å². The number of benzene rings is 1. The second kappa shape index (κ2) is 9.57. The van der Waals surface area contributed by atoms with Gasteiger partial charge in [-0.1, -0.05) is 18.2 Å². The molecule has 0 saturated heterocycles. The number of anilines is 1. The minimum absolute atomic E-state index is 0.149. The van der Waals surface area contributed by atoms with Crippen molar-refractivity contribution in [2.24, 2.45) is 5.10 Å². The predicted octanol–water partition coefficient (Wildman–Crippen LogP) is 3.92. The second-order valence-electron chi connectivity index (χ2n) is 6.75. The first-order chi connectivity index (χ1) is 15.8. The summed E-state index contributed by atoms with van der Waals surface area (Å²) in [5, 5.41) is 6.57. The lowest BCUT2D eigenvalue weighted by atomic mass is 10.2. The van der Waals surface area contributed by atoms with Gasteiger partial charge in [-0.15, -0.1) is 22.7 Å². The van der Waals surface area contributed by atoms with Crippen molar-refractivity contribution in [2.45, 2.75) is 18.1 Å². The van der Waals surface area contributed by atoms with Crippen molar-refractivity contribution in [1.82, 2.24) is 20.4 Å². The van der Waals surface area contributed by atoms with Gasteiger partial charge in [0.1, 0.15) is 14.9 Å². The van der Waals surface area contributed by atoms with Crippen LogP contribution >= 0.6 is 22.7 Å². The molecule has 0 bridgehead atoms. The molecule has 0 radical (unpaired) electrons. The Labute approximate surface area is 198 Å². The lowest BCUT2D eigenvalue weighted by Crippen LogP contribution is -2.22. The fourth-order valence-corrected chi connectivity index (χ4v) is 5.92. The lowest BCUT2D eigenvalue weighted by Gasteiger charge is -2.11. The van der Waals surface area contributed by atoms with E-state index in [1.54, 1.807) is 49.1 Å². The predicted molar refractivity (Wildman–Crippen MR) is 129 cm³/mol. The van der Waals surface area contributed by atoms with Crippen molar-refractivity contribution in [3.8, 4) is 10.7 Å². The molecule has 0 atom stereocenters. The average Bonchev–Trinajstić information content (AvgIpc) is 3.49. The fourth-order valence-electron chi connectivity index (χ4n) is 2.88. The van der Waals surface area contributed by atoms with Gasteiger partial charge in [0.15, 0.2) is 0 Å². The zero-order valence-corrected chi connectivity index (χ0v) is 20.0. The maximum atomic E-state index is 12.8. The van der Waals surface area contributed by atoms with Gasteiger partial charge in [-0.25, -0.2) is 18.8 Å². The van der Waals surface area contributed by atoms with Gasteiger partial charge in [-0.2, -0.15) is 5.10 Å². The number of thiophene rings is 1. The van der Waals surface area contributed by atoms with E-state index in [0.29, 0.717) is 16.4 Å². The van der Waals surface area contributed by atoms with E-state index in [1.807, 2.05) is 6.92 Å². The number of hydrogen-bond donors (Lipinski definition) is 2. The molecule has 0 aliphatic rings. The normalized spacial score (nSPS) is 11.9. The van der Waals surface area contributed by atoms with E-state index in [4.69, 9.17) is 0 Å². The molecule has 0 fully saturated rings. The number of aromatic nitrogens is 3. The summed E-state index contributed by atoms with van der Waals surface area (Å²) in [6.45, 7) is 3.61. The van der Waals surface area contributed by atoms with Crippen molar-refractivity contribution < 1.29 is 13.2 Å². The second-order valence-corrected chi connectivity index (χ2v) is 10.6. The average molecular weight is 499 g/mol. The van der Waals surface area contributed by atoms with Gasteiger partial charge in [0.25, 0.3) is 15.9 Å². The van der Waals surface area contributed by atoms with Gasteiger partial charge >= 0.3 is 0 Å². The van der Waals surface area contributed by atoms with Crippen molar-refractivity contribution >= 4 is 50.0 Å². The molecular formula is C21H18N6O3S3. The Morgan fingerprint density at radius 1 is 1.12 bits per heavy atom. The quantitative estimate of drug-likeness (QED) is 0.294. The molecule has 9 nitrogen and oxygen atoms in total. The Hall–Kier alpha value is -3.48. The third-order valence-electron chi connectivity index (χ3n) is 4.41. The van der Waals surface area contributed by atoms with Gasteiger partial charge in [0.05, 0.1) is 33.7 Å². The number of carbonyl (C=O) groups is 1. The molecule has 4 rings (SSSR count). The molecule has 0 aliphatic carbocycles. The Morgan fingerprint density at radius 2 is 1.94 bits per heavy atom. The number of nitrogens with zero attached hydrogens (tertiary/aromatic N) is 4. The first kappa shape index (κ1) is 22.7. The number of hydrogen-bond acceptors (Lipinski definition) is 9. The lowest BCUT2D eigenvalue weighted by molar-refractivity contribution is 0.0955. The first-order valence-corrected chi connectivity index (χ1v) is 12.8. The minimum Gasteiger partial charge on any atom is -0.278 e. The number of amides is 1. The molecule has 0 aliphatic heterocycles. The summed E-state index contributed by atoms with van der Waals surface area (Å²) in [7, 11) is -3.79. The molecule has 12 heteroatoms. The molecule has 4 aromatic rings. The van der Waals surface area contributed by atoms with Crippen LogP contribution in [0.5, 0.6) is 0 Å². The summed E-state index contributed by atoms with van der Waals surface area (Å²) in [6.07, 6.45) is 4.81. The van der Waals surface area contributed by atoms with Crippen molar-refractivity contribution in [3.05, 3.63) is 76.5 Å². The summed E-state index contributed by atoms with van der Waals surface area (Å²) in [5.74, 6) is -0.546. The minimum atomic E-state index is -3.79. The Bertz CT molecular complexity index is 1410. The van der Waals surface area contributed by atoms with Crippen LogP contribution in [0, 0.1) is 6.92 Å². The van der Waals surface area contributed by atoms with E-state index in [1.165, 1.54) is 29.5 Å². The number of rotatable bonds is 7. The SMILES string of the molecule is C/C(=N\NC(=O)c1ccccc1NS(=O)(=O)c1cccs1)c1sc(-c2cnccn2)nc1C. The van der Waals surface area contributed by atoms with Crippen LogP contribution in [0.1, 0.15) is 27.9 Å². The summed E-state index contributed by atoms with van der Waals surface area (Å²) in [4.78, 5) is 26.4. The monoisotopic (exact) mass is 498 g/mol. The molecule has 3 aromatic heterocycles. The van der Waals surface area contributed by atoms with Gasteiger partial charge in [0, 0.05) is 12.4 Å². The zero-order chi connectivity index (χ0) is 23.4. The third kappa shape index (κ3) is 5.13. The van der Waals surface area contributed by atoms with Crippen molar-refractivity contribution in [2.75, 3.05) is 4.72 Å². The maximum absolute atomic E-state index is 12.8. The summed E-state index contributed by atoms with van der Waals surface area (Å²) >= 11 is 2.48. The Morgan fingerprint density at radius 3 is 2.67 bits per heavy atom. The molecule has 168 valence electrons. The number of para-hydroxylation sites is 1. The largest absolute Gasteiger partial charge is 0.278 e. The van der Waals surface area contributed by atoms with Gasteiger partial charge < -0.3 is 0 Å². The molecule has 2 N–H and O–H groups in total. The molecule has 3 heterocycles. The first-order valence-electron chi connectivity index (χ1n) is 9.59. The molecule has 0 unspecified atom stereocenters. The van der Waals surface area contributed by atoms with Crippen LogP contribution in [0.3, 0.4) is 0 Å². The molecule has 0 saturated carbocycles. The number of sulfonamides is 1. The van der Waals surface area contributed by atoms with E-state index in [0.717, 1.165) is 21.9 Å². The van der Waals surface area contributed by atoms with E-state index >= 15 is 0 Å². The summed E-state index contributed by atoms with van der Waals surface area (Å²) in [6, 6.07) is 9.48. The summed E-state index contributed by atoms with van der Waals surface area (Å²) < 4.78 is 27.8. The highest BCUT2D eigenvalue weighted by Gasteiger charge is 2.19. The van der Waals surface area contributed by atoms with Crippen molar-refractivity contribution in [1.29, 1.82) is 0 Å². The number of aryl methyl sites for hydroxylation is 1. The Kier molecular flexibility index (Phi) is 6.58. The van der Waals surface area contributed by atoms with E-state index in [2.05, 4.69) is 30.2 Å². The number of hydrazone groups is 1. The van der Waals surface area contributed by atoms with Gasteiger partial charge in [-0.3, -0.25) is 19.5 Å². The van der Waals surface area contributed by atoms with Crippen LogP contribution in [0.2, 0.25) is 0 Å². The fraction of sp³-hybridized carbons (Fsp3) is 0.0952. The molecular weight excluding hydrogens is 480 g/mol. The summed E-state index contributed by atoms with van der Waals surface area (Å²) in [5.41, 5.74) is 4.78. The van der Waals surface area contributed by atoms with Crippen LogP contribution in [0.4, 0.5) is 5.69 Å². The van der Waals surface area contributed by atoms with Gasteiger partial charge in [-0.05, 0) is 37.4 Å². The highest BCUT2D eigenvalue weighted by atomic mass is 32.2. The highest BCUT2D eigenvalue weighted by Crippen LogP contribution is 2.27. The van der Waals surface area contributed by atoms with E-state index in [9.17, 15) is 13.2 Å². The smallest absolute Gasteiger partial charge is 0.273 e. The number of nitrogens with one attached hydrogen (secondary N) is 2. The molecule has 1 amide bonds. The number of carbonyl (C=O) groups excluding carboxylic acids is 1. The van der Waals surface area contributed by atoms with E-state index in [-0.39, 0.29) is 15.5 Å². The standard InChI is InChI=1S/C21H18N6O3S3/c1-13-19(32-21(24-13)17-12-22-9-10-23-17)14(2)25-26-20(28)15-6-3-4-7-16(15)27-33(29,30)18-8-5-11-31-18/h3-12,27H,1-2H3,(H,26,28)/b25-14+. The van der Waals surface area contributed by atoms with E-state index < -0.39 is 15.9 Å². The number of thiazole rings is 1. The molecule has 1 aromatic carbocycles. The topological polar surface area (TPSA) is 126 Å². The molecule has 33 heavy (non-hydrogen) atoms.